The summed E-state index contributed by atoms with van der Waals surface area (Å²) in [5, 5.41) is 12.3. The molecule has 1 fully saturated rings. The standard InChI is InChI=1S/C13H23N5O2/c1-20-12-8-11(16-13(14)17-12)15-4-7-18-5-2-10(9-19)3-6-18/h8,10,19H,2-7,9H2,1H3,(H3,14,15,16,17). The number of anilines is 2. The van der Waals surface area contributed by atoms with E-state index in [1.807, 2.05) is 0 Å². The van der Waals surface area contributed by atoms with Crippen molar-refractivity contribution in [2.75, 3.05) is 50.9 Å². The maximum absolute atomic E-state index is 9.11. The second kappa shape index (κ2) is 7.25. The lowest BCUT2D eigenvalue weighted by atomic mass is 9.98. The van der Waals surface area contributed by atoms with Crippen molar-refractivity contribution in [3.05, 3.63) is 6.07 Å². The van der Waals surface area contributed by atoms with E-state index in [-0.39, 0.29) is 5.95 Å². The molecule has 1 aromatic heterocycles. The molecule has 0 radical (unpaired) electrons. The number of hydrogen-bond acceptors (Lipinski definition) is 7. The van der Waals surface area contributed by atoms with Crippen LogP contribution in [0.3, 0.4) is 0 Å². The number of nitrogens with two attached hydrogens (primary N) is 1. The first-order valence-electron chi connectivity index (χ1n) is 6.97. The minimum Gasteiger partial charge on any atom is -0.481 e. The van der Waals surface area contributed by atoms with Crippen molar-refractivity contribution in [1.82, 2.24) is 14.9 Å². The fourth-order valence-corrected chi connectivity index (χ4v) is 2.37. The molecule has 1 saturated heterocycles. The molecule has 1 aliphatic rings. The van der Waals surface area contributed by atoms with Gasteiger partial charge in [0.2, 0.25) is 11.8 Å². The van der Waals surface area contributed by atoms with Gasteiger partial charge in [-0.2, -0.15) is 9.97 Å². The molecule has 0 aromatic carbocycles. The third-order valence-electron chi connectivity index (χ3n) is 3.63. The molecule has 20 heavy (non-hydrogen) atoms. The van der Waals surface area contributed by atoms with Crippen molar-refractivity contribution in [1.29, 1.82) is 0 Å². The number of aromatic nitrogens is 2. The highest BCUT2D eigenvalue weighted by atomic mass is 16.5. The van der Waals surface area contributed by atoms with E-state index in [1.54, 1.807) is 13.2 Å². The summed E-state index contributed by atoms with van der Waals surface area (Å²) >= 11 is 0. The molecule has 2 rings (SSSR count). The summed E-state index contributed by atoms with van der Waals surface area (Å²) in [6.07, 6.45) is 2.15. The third-order valence-corrected chi connectivity index (χ3v) is 3.63. The average molecular weight is 281 g/mol. The number of methoxy groups -OCH3 is 1. The smallest absolute Gasteiger partial charge is 0.225 e. The van der Waals surface area contributed by atoms with Gasteiger partial charge < -0.3 is 25.8 Å². The van der Waals surface area contributed by atoms with E-state index in [9.17, 15) is 0 Å². The van der Waals surface area contributed by atoms with Gasteiger partial charge in [0.15, 0.2) is 0 Å². The zero-order valence-electron chi connectivity index (χ0n) is 11.9. The van der Waals surface area contributed by atoms with E-state index < -0.39 is 0 Å². The fourth-order valence-electron chi connectivity index (χ4n) is 2.37. The fraction of sp³-hybridized carbons (Fsp3) is 0.692. The van der Waals surface area contributed by atoms with Crippen LogP contribution in [-0.4, -0.2) is 59.9 Å². The van der Waals surface area contributed by atoms with E-state index in [4.69, 9.17) is 15.6 Å². The molecule has 0 bridgehead atoms. The Bertz CT molecular complexity index is 421. The zero-order chi connectivity index (χ0) is 14.4. The third kappa shape index (κ3) is 4.21. The summed E-state index contributed by atoms with van der Waals surface area (Å²) in [6, 6.07) is 1.73. The Morgan fingerprint density at radius 3 is 2.85 bits per heavy atom. The maximum atomic E-state index is 9.11. The number of rotatable bonds is 6. The Balaban J connectivity index is 1.74. The predicted octanol–water partition coefficient (Wildman–Crippen LogP) is 0.184. The maximum Gasteiger partial charge on any atom is 0.225 e. The van der Waals surface area contributed by atoms with Crippen LogP contribution in [-0.2, 0) is 0 Å². The highest BCUT2D eigenvalue weighted by molar-refractivity contribution is 5.42. The van der Waals surface area contributed by atoms with Crippen molar-refractivity contribution >= 4 is 11.8 Å². The first-order chi connectivity index (χ1) is 9.71. The van der Waals surface area contributed by atoms with E-state index in [0.29, 0.717) is 24.2 Å². The van der Waals surface area contributed by atoms with E-state index >= 15 is 0 Å². The zero-order valence-corrected chi connectivity index (χ0v) is 11.9. The lowest BCUT2D eigenvalue weighted by Crippen LogP contribution is -2.37. The van der Waals surface area contributed by atoms with Gasteiger partial charge in [0.1, 0.15) is 5.82 Å². The molecule has 2 heterocycles. The van der Waals surface area contributed by atoms with Crippen molar-refractivity contribution in [2.24, 2.45) is 5.92 Å². The van der Waals surface area contributed by atoms with Crippen LogP contribution in [0.25, 0.3) is 0 Å². The first kappa shape index (κ1) is 14.8. The van der Waals surface area contributed by atoms with Crippen LogP contribution in [0.2, 0.25) is 0 Å². The highest BCUT2D eigenvalue weighted by Gasteiger charge is 2.17. The number of nitrogens with zero attached hydrogens (tertiary/aromatic N) is 3. The molecular weight excluding hydrogens is 258 g/mol. The summed E-state index contributed by atoms with van der Waals surface area (Å²) in [4.78, 5) is 10.4. The van der Waals surface area contributed by atoms with Gasteiger partial charge in [0.25, 0.3) is 0 Å². The van der Waals surface area contributed by atoms with Crippen LogP contribution in [0.4, 0.5) is 11.8 Å². The quantitative estimate of drug-likeness (QED) is 0.684. The summed E-state index contributed by atoms with van der Waals surface area (Å²) in [5.74, 6) is 1.82. The Hall–Kier alpha value is -1.60. The number of nitrogens with one attached hydrogen (secondary N) is 1. The number of hydrogen-bond donors (Lipinski definition) is 3. The molecule has 112 valence electrons. The van der Waals surface area contributed by atoms with Gasteiger partial charge in [-0.3, -0.25) is 0 Å². The van der Waals surface area contributed by atoms with E-state index in [1.165, 1.54) is 0 Å². The summed E-state index contributed by atoms with van der Waals surface area (Å²) in [5.41, 5.74) is 5.60. The minimum absolute atomic E-state index is 0.204. The molecule has 1 aromatic rings. The normalized spacial score (nSPS) is 17.1. The van der Waals surface area contributed by atoms with Crippen LogP contribution in [0, 0.1) is 5.92 Å². The van der Waals surface area contributed by atoms with E-state index in [2.05, 4.69) is 20.2 Å². The molecule has 0 atom stereocenters. The second-order valence-corrected chi connectivity index (χ2v) is 5.05. The SMILES string of the molecule is COc1cc(NCCN2CCC(CO)CC2)nc(N)n1. The molecule has 7 heteroatoms. The topological polar surface area (TPSA) is 96.5 Å². The summed E-state index contributed by atoms with van der Waals surface area (Å²) < 4.78 is 5.05. The van der Waals surface area contributed by atoms with Crippen molar-refractivity contribution in [3.63, 3.8) is 0 Å². The number of nitrogen functional groups attached to an aromatic ring is 1. The predicted molar refractivity (Wildman–Crippen MR) is 77.7 cm³/mol. The van der Waals surface area contributed by atoms with Crippen LogP contribution in [0.5, 0.6) is 5.88 Å². The van der Waals surface area contributed by atoms with Crippen molar-refractivity contribution in [2.45, 2.75) is 12.8 Å². The molecule has 1 aliphatic heterocycles. The minimum atomic E-state index is 0.204. The number of ether oxygens (including phenoxy) is 1. The van der Waals surface area contributed by atoms with Gasteiger partial charge in [0.05, 0.1) is 7.11 Å². The molecule has 0 spiro atoms. The molecule has 4 N–H and O–H groups in total. The molecular formula is C13H23N5O2. The number of likely N-dealkylation sites (tertiary alicyclic amines) is 1. The molecule has 7 nitrogen and oxygen atoms in total. The monoisotopic (exact) mass is 281 g/mol. The van der Waals surface area contributed by atoms with Gasteiger partial charge in [-0.1, -0.05) is 0 Å². The Kier molecular flexibility index (Phi) is 5.37. The van der Waals surface area contributed by atoms with Crippen LogP contribution < -0.4 is 15.8 Å². The Labute approximate surface area is 119 Å². The van der Waals surface area contributed by atoms with Crippen LogP contribution in [0.15, 0.2) is 6.07 Å². The van der Waals surface area contributed by atoms with Gasteiger partial charge in [-0.05, 0) is 31.8 Å². The Morgan fingerprint density at radius 1 is 1.45 bits per heavy atom. The molecule has 0 unspecified atom stereocenters. The van der Waals surface area contributed by atoms with Crippen molar-refractivity contribution in [3.8, 4) is 5.88 Å². The second-order valence-electron chi connectivity index (χ2n) is 5.05. The van der Waals surface area contributed by atoms with Gasteiger partial charge in [0, 0.05) is 25.8 Å². The lowest BCUT2D eigenvalue weighted by molar-refractivity contribution is 0.134. The largest absolute Gasteiger partial charge is 0.481 e. The van der Waals surface area contributed by atoms with Crippen LogP contribution >= 0.6 is 0 Å². The number of aliphatic hydroxyl groups is 1. The van der Waals surface area contributed by atoms with E-state index in [0.717, 1.165) is 39.0 Å². The number of aliphatic hydroxyl groups excluding tert-OH is 1. The Morgan fingerprint density at radius 2 is 2.20 bits per heavy atom. The van der Waals surface area contributed by atoms with Crippen LogP contribution in [0.1, 0.15) is 12.8 Å². The highest BCUT2D eigenvalue weighted by Crippen LogP contribution is 2.16. The van der Waals surface area contributed by atoms with Gasteiger partial charge in [-0.15, -0.1) is 0 Å². The van der Waals surface area contributed by atoms with Gasteiger partial charge >= 0.3 is 0 Å². The summed E-state index contributed by atoms with van der Waals surface area (Å²) in [6.45, 7) is 4.14. The first-order valence-corrected chi connectivity index (χ1v) is 6.97. The molecule has 0 aliphatic carbocycles. The lowest BCUT2D eigenvalue weighted by Gasteiger charge is -2.30. The summed E-state index contributed by atoms with van der Waals surface area (Å²) in [7, 11) is 1.55. The van der Waals surface area contributed by atoms with Crippen molar-refractivity contribution < 1.29 is 9.84 Å². The molecule has 0 amide bonds. The van der Waals surface area contributed by atoms with Gasteiger partial charge in [-0.25, -0.2) is 0 Å². The average Bonchev–Trinajstić information content (AvgIpc) is 2.47. The number of piperidine rings is 1. The molecule has 0 saturated carbocycles.